The number of anilines is 1. The van der Waals surface area contributed by atoms with E-state index in [0.29, 0.717) is 24.2 Å². The number of aryl methyl sites for hydroxylation is 2. The van der Waals surface area contributed by atoms with Gasteiger partial charge >= 0.3 is 0 Å². The zero-order valence-electron chi connectivity index (χ0n) is 16.7. The lowest BCUT2D eigenvalue weighted by molar-refractivity contribution is 0.0940. The minimum absolute atomic E-state index is 0.137. The number of hydrogen-bond donors (Lipinski definition) is 1. The number of rotatable bonds is 5. The van der Waals surface area contributed by atoms with Crippen LogP contribution in [-0.4, -0.2) is 26.6 Å². The molecule has 1 fully saturated rings. The third kappa shape index (κ3) is 4.38. The molecule has 1 unspecified atom stereocenters. The topological polar surface area (TPSA) is 66.5 Å². The van der Waals surface area contributed by atoms with Crippen molar-refractivity contribution in [2.45, 2.75) is 46.1 Å². The van der Waals surface area contributed by atoms with Crippen LogP contribution in [0, 0.1) is 6.92 Å². The smallest absolute Gasteiger partial charge is 0.251 e. The number of hydrogen-bond acceptors (Lipinski definition) is 3. The Labute approximate surface area is 167 Å². The SMILES string of the molecule is CCc1ccc(C(C)NC(=O)c2ccc(C)c(N3CCCCS3(=O)=O)c2)cc1. The molecule has 0 saturated carbocycles. The van der Waals surface area contributed by atoms with Crippen molar-refractivity contribution in [2.24, 2.45) is 0 Å². The van der Waals surface area contributed by atoms with Crippen LogP contribution in [-0.2, 0) is 16.4 Å². The molecule has 5 nitrogen and oxygen atoms in total. The Hall–Kier alpha value is -2.34. The van der Waals surface area contributed by atoms with Gasteiger partial charge in [-0.25, -0.2) is 8.42 Å². The standard InChI is InChI=1S/C22H28N2O3S/c1-4-18-8-11-19(12-9-18)17(3)23-22(25)20-10-7-16(2)21(15-20)24-13-5-6-14-28(24,26)27/h7-12,15,17H,4-6,13-14H2,1-3H3,(H,23,25). The van der Waals surface area contributed by atoms with Gasteiger partial charge in [-0.15, -0.1) is 0 Å². The number of nitrogens with zero attached hydrogens (tertiary/aromatic N) is 1. The van der Waals surface area contributed by atoms with Crippen molar-refractivity contribution >= 4 is 21.6 Å². The molecular weight excluding hydrogens is 372 g/mol. The molecule has 3 rings (SSSR count). The molecular formula is C22H28N2O3S. The average Bonchev–Trinajstić information content (AvgIpc) is 2.68. The average molecular weight is 401 g/mol. The van der Waals surface area contributed by atoms with Crippen LogP contribution in [0.15, 0.2) is 42.5 Å². The van der Waals surface area contributed by atoms with E-state index in [4.69, 9.17) is 0 Å². The van der Waals surface area contributed by atoms with Crippen LogP contribution in [0.2, 0.25) is 0 Å². The molecule has 1 aliphatic rings. The summed E-state index contributed by atoms with van der Waals surface area (Å²) in [6.07, 6.45) is 2.50. The Morgan fingerprint density at radius 1 is 1.14 bits per heavy atom. The number of carbonyl (C=O) groups excluding carboxylic acids is 1. The first kappa shape index (κ1) is 20.4. The number of carbonyl (C=O) groups is 1. The molecule has 1 N–H and O–H groups in total. The van der Waals surface area contributed by atoms with Gasteiger partial charge in [0, 0.05) is 12.1 Å². The molecule has 2 aromatic carbocycles. The van der Waals surface area contributed by atoms with Crippen molar-refractivity contribution in [1.82, 2.24) is 5.32 Å². The second kappa shape index (κ2) is 8.35. The summed E-state index contributed by atoms with van der Waals surface area (Å²) < 4.78 is 26.4. The maximum atomic E-state index is 12.8. The largest absolute Gasteiger partial charge is 0.346 e. The van der Waals surface area contributed by atoms with Gasteiger partial charge in [-0.3, -0.25) is 9.10 Å². The van der Waals surface area contributed by atoms with Crippen LogP contribution < -0.4 is 9.62 Å². The van der Waals surface area contributed by atoms with Crippen LogP contribution in [0.1, 0.15) is 59.8 Å². The quantitative estimate of drug-likeness (QED) is 0.826. The van der Waals surface area contributed by atoms with Crippen molar-refractivity contribution in [2.75, 3.05) is 16.6 Å². The lowest BCUT2D eigenvalue weighted by atomic mass is 10.0. The number of benzene rings is 2. The van der Waals surface area contributed by atoms with E-state index in [9.17, 15) is 13.2 Å². The summed E-state index contributed by atoms with van der Waals surface area (Å²) in [4.78, 5) is 12.8. The highest BCUT2D eigenvalue weighted by molar-refractivity contribution is 7.92. The third-order valence-electron chi connectivity index (χ3n) is 5.32. The molecule has 0 aromatic heterocycles. The molecule has 0 radical (unpaired) electrons. The van der Waals surface area contributed by atoms with E-state index < -0.39 is 10.0 Å². The van der Waals surface area contributed by atoms with Gasteiger partial charge in [0.15, 0.2) is 0 Å². The Balaban J connectivity index is 1.80. The predicted octanol–water partition coefficient (Wildman–Crippen LogP) is 3.98. The van der Waals surface area contributed by atoms with E-state index in [1.807, 2.05) is 32.0 Å². The van der Waals surface area contributed by atoms with Crippen LogP contribution in [0.3, 0.4) is 0 Å². The van der Waals surface area contributed by atoms with Crippen LogP contribution in [0.25, 0.3) is 0 Å². The van der Waals surface area contributed by atoms with Crippen LogP contribution in [0.4, 0.5) is 5.69 Å². The summed E-state index contributed by atoms with van der Waals surface area (Å²) in [5, 5.41) is 3.01. The number of amides is 1. The fraction of sp³-hybridized carbons (Fsp3) is 0.409. The second-order valence-corrected chi connectivity index (χ2v) is 9.40. The molecule has 0 spiro atoms. The van der Waals surface area contributed by atoms with E-state index in [1.165, 1.54) is 9.87 Å². The maximum absolute atomic E-state index is 12.8. The van der Waals surface area contributed by atoms with Gasteiger partial charge < -0.3 is 5.32 Å². The minimum atomic E-state index is -3.31. The number of nitrogens with one attached hydrogen (secondary N) is 1. The van der Waals surface area contributed by atoms with E-state index >= 15 is 0 Å². The fourth-order valence-electron chi connectivity index (χ4n) is 3.48. The second-order valence-electron chi connectivity index (χ2n) is 7.39. The van der Waals surface area contributed by atoms with Crippen molar-refractivity contribution in [3.8, 4) is 0 Å². The molecule has 1 saturated heterocycles. The van der Waals surface area contributed by atoms with E-state index in [2.05, 4.69) is 24.4 Å². The summed E-state index contributed by atoms with van der Waals surface area (Å²) in [5.41, 5.74) is 4.22. The molecule has 0 aliphatic carbocycles. The highest BCUT2D eigenvalue weighted by atomic mass is 32.2. The molecule has 150 valence electrons. The van der Waals surface area contributed by atoms with Gasteiger partial charge in [-0.2, -0.15) is 0 Å². The van der Waals surface area contributed by atoms with E-state index in [1.54, 1.807) is 12.1 Å². The Bertz CT molecular complexity index is 952. The van der Waals surface area contributed by atoms with Crippen LogP contribution in [0.5, 0.6) is 0 Å². The first-order chi connectivity index (χ1) is 13.3. The normalized spacial score (nSPS) is 17.2. The highest BCUT2D eigenvalue weighted by Crippen LogP contribution is 2.28. The summed E-state index contributed by atoms with van der Waals surface area (Å²) in [7, 11) is -3.31. The highest BCUT2D eigenvalue weighted by Gasteiger charge is 2.27. The molecule has 2 aromatic rings. The van der Waals surface area contributed by atoms with Gasteiger partial charge in [-0.05, 0) is 61.9 Å². The Morgan fingerprint density at radius 3 is 2.50 bits per heavy atom. The zero-order chi connectivity index (χ0) is 20.3. The number of sulfonamides is 1. The van der Waals surface area contributed by atoms with Crippen molar-refractivity contribution in [3.63, 3.8) is 0 Å². The Morgan fingerprint density at radius 2 is 1.86 bits per heavy atom. The first-order valence-electron chi connectivity index (χ1n) is 9.82. The van der Waals surface area contributed by atoms with Crippen molar-refractivity contribution < 1.29 is 13.2 Å². The summed E-state index contributed by atoms with van der Waals surface area (Å²) in [6.45, 7) is 6.40. The van der Waals surface area contributed by atoms with Crippen LogP contribution >= 0.6 is 0 Å². The molecule has 6 heteroatoms. The fourth-order valence-corrected chi connectivity index (χ4v) is 5.18. The van der Waals surface area contributed by atoms with Crippen molar-refractivity contribution in [1.29, 1.82) is 0 Å². The predicted molar refractivity (Wildman–Crippen MR) is 113 cm³/mol. The van der Waals surface area contributed by atoms with Gasteiger partial charge in [-0.1, -0.05) is 37.3 Å². The first-order valence-corrected chi connectivity index (χ1v) is 11.4. The van der Waals surface area contributed by atoms with Gasteiger partial charge in [0.05, 0.1) is 17.5 Å². The zero-order valence-corrected chi connectivity index (χ0v) is 17.6. The lowest BCUT2D eigenvalue weighted by Gasteiger charge is -2.29. The van der Waals surface area contributed by atoms with Gasteiger partial charge in [0.1, 0.15) is 0 Å². The summed E-state index contributed by atoms with van der Waals surface area (Å²) in [5.74, 6) is -0.0454. The molecule has 28 heavy (non-hydrogen) atoms. The molecule has 1 heterocycles. The maximum Gasteiger partial charge on any atom is 0.251 e. The van der Waals surface area contributed by atoms with Gasteiger partial charge in [0.2, 0.25) is 10.0 Å². The summed E-state index contributed by atoms with van der Waals surface area (Å²) >= 11 is 0. The molecule has 1 aliphatic heterocycles. The molecule has 1 amide bonds. The van der Waals surface area contributed by atoms with Gasteiger partial charge in [0.25, 0.3) is 5.91 Å². The van der Waals surface area contributed by atoms with E-state index in [0.717, 1.165) is 24.0 Å². The monoisotopic (exact) mass is 400 g/mol. The minimum Gasteiger partial charge on any atom is -0.346 e. The lowest BCUT2D eigenvalue weighted by Crippen LogP contribution is -2.38. The van der Waals surface area contributed by atoms with E-state index in [-0.39, 0.29) is 17.7 Å². The summed E-state index contributed by atoms with van der Waals surface area (Å²) in [6, 6.07) is 13.3. The molecule has 0 bridgehead atoms. The molecule has 1 atom stereocenters. The third-order valence-corrected chi connectivity index (χ3v) is 7.18. The Kier molecular flexibility index (Phi) is 6.08. The van der Waals surface area contributed by atoms with Crippen molar-refractivity contribution in [3.05, 3.63) is 64.7 Å².